The molecular weight excluding hydrogens is 348 g/mol. The maximum atomic E-state index is 13.7. The van der Waals surface area contributed by atoms with Crippen LogP contribution in [0.1, 0.15) is 17.9 Å². The van der Waals surface area contributed by atoms with Gasteiger partial charge in [0.25, 0.3) is 0 Å². The third-order valence-corrected chi connectivity index (χ3v) is 4.18. The van der Waals surface area contributed by atoms with Crippen molar-refractivity contribution >= 4 is 22.2 Å². The van der Waals surface area contributed by atoms with Crippen molar-refractivity contribution in [1.29, 1.82) is 5.26 Å². The highest BCUT2D eigenvalue weighted by Gasteiger charge is 2.14. The van der Waals surface area contributed by atoms with E-state index in [0.29, 0.717) is 10.6 Å². The number of aryl methyl sites for hydroxylation is 1. The molecule has 2 heterocycles. The number of nitrogens with zero attached hydrogens (tertiary/aromatic N) is 2. The van der Waals surface area contributed by atoms with E-state index >= 15 is 0 Å². The molecule has 5 nitrogen and oxygen atoms in total. The van der Waals surface area contributed by atoms with Crippen molar-refractivity contribution in [2.75, 3.05) is 5.32 Å². The minimum Gasteiger partial charge on any atom is -0.441 e. The van der Waals surface area contributed by atoms with Gasteiger partial charge in [0, 0.05) is 18.9 Å². The molecule has 0 atom stereocenters. The molecule has 0 radical (unpaired) electrons. The molecule has 8 heteroatoms. The van der Waals surface area contributed by atoms with Gasteiger partial charge in [-0.05, 0) is 23.6 Å². The lowest BCUT2D eigenvalue weighted by atomic mass is 10.2. The van der Waals surface area contributed by atoms with Crippen LogP contribution in [-0.2, 0) is 11.2 Å². The van der Waals surface area contributed by atoms with Gasteiger partial charge in [-0.15, -0.1) is 11.3 Å². The van der Waals surface area contributed by atoms with Crippen LogP contribution in [0.4, 0.5) is 13.8 Å². The average Bonchev–Trinajstić information content (AvgIpc) is 3.22. The van der Waals surface area contributed by atoms with Crippen LogP contribution in [-0.4, -0.2) is 10.9 Å². The Morgan fingerprint density at radius 2 is 2.20 bits per heavy atom. The molecule has 0 spiro atoms. The molecule has 0 aliphatic heterocycles. The fourth-order valence-electron chi connectivity index (χ4n) is 2.14. The molecule has 3 rings (SSSR count). The summed E-state index contributed by atoms with van der Waals surface area (Å²) in [6.45, 7) is 0. The van der Waals surface area contributed by atoms with E-state index in [1.54, 1.807) is 11.4 Å². The summed E-state index contributed by atoms with van der Waals surface area (Å²) in [4.78, 5) is 15.9. The predicted molar refractivity (Wildman–Crippen MR) is 87.8 cm³/mol. The third kappa shape index (κ3) is 3.89. The molecule has 0 saturated heterocycles. The van der Waals surface area contributed by atoms with Crippen LogP contribution >= 0.6 is 11.3 Å². The summed E-state index contributed by atoms with van der Waals surface area (Å²) in [6.07, 6.45) is 1.63. The van der Waals surface area contributed by atoms with Crippen molar-refractivity contribution in [3.05, 3.63) is 58.9 Å². The lowest BCUT2D eigenvalue weighted by molar-refractivity contribution is -0.116. The van der Waals surface area contributed by atoms with Crippen LogP contribution in [0.15, 0.2) is 40.3 Å². The van der Waals surface area contributed by atoms with Crippen LogP contribution in [0.5, 0.6) is 0 Å². The second-order valence-corrected chi connectivity index (χ2v) is 5.98. The summed E-state index contributed by atoms with van der Waals surface area (Å²) in [5.41, 5.74) is 0.505. The van der Waals surface area contributed by atoms with Crippen molar-refractivity contribution in [2.45, 2.75) is 12.8 Å². The predicted octanol–water partition coefficient (Wildman–Crippen LogP) is 4.12. The van der Waals surface area contributed by atoms with Gasteiger partial charge in [0.2, 0.25) is 5.91 Å². The average molecular weight is 359 g/mol. The zero-order chi connectivity index (χ0) is 17.8. The Morgan fingerprint density at radius 3 is 2.96 bits per heavy atom. The number of benzene rings is 1. The Bertz CT molecular complexity index is 959. The molecule has 126 valence electrons. The molecule has 0 unspecified atom stereocenters. The molecule has 2 aromatic heterocycles. The number of carbonyl (C=O) groups excluding carboxylic acids is 1. The number of hydrogen-bond acceptors (Lipinski definition) is 5. The molecule has 0 fully saturated rings. The van der Waals surface area contributed by atoms with Crippen LogP contribution < -0.4 is 5.32 Å². The zero-order valence-electron chi connectivity index (χ0n) is 12.8. The van der Waals surface area contributed by atoms with Crippen molar-refractivity contribution in [3.63, 3.8) is 0 Å². The number of anilines is 1. The number of carbonyl (C=O) groups is 1. The fraction of sp³-hybridized carbons (Fsp3) is 0.118. The summed E-state index contributed by atoms with van der Waals surface area (Å²) >= 11 is 1.26. The van der Waals surface area contributed by atoms with Gasteiger partial charge in [-0.1, -0.05) is 0 Å². The standard InChI is InChI=1S/C17H11F2N3O2S/c18-11-1-2-12(13(19)7-11)14-9-21-16(24-14)4-3-15(23)22-17-10(8-20)5-6-25-17/h1-2,5-7,9H,3-4H2,(H,22,23). The number of halogens is 2. The Hall–Kier alpha value is -3.05. The fourth-order valence-corrected chi connectivity index (χ4v) is 2.90. The molecule has 3 aromatic rings. The number of aromatic nitrogens is 1. The Labute approximate surface area is 145 Å². The molecule has 1 aromatic carbocycles. The van der Waals surface area contributed by atoms with Gasteiger partial charge >= 0.3 is 0 Å². The molecule has 25 heavy (non-hydrogen) atoms. The van der Waals surface area contributed by atoms with E-state index in [9.17, 15) is 13.6 Å². The number of nitriles is 1. The molecule has 0 saturated carbocycles. The first-order chi connectivity index (χ1) is 12.1. The smallest absolute Gasteiger partial charge is 0.225 e. The van der Waals surface area contributed by atoms with E-state index in [1.165, 1.54) is 23.6 Å². The molecule has 0 aliphatic carbocycles. The van der Waals surface area contributed by atoms with Crippen LogP contribution in [0, 0.1) is 23.0 Å². The number of amides is 1. The molecule has 0 bridgehead atoms. The highest BCUT2D eigenvalue weighted by Crippen LogP contribution is 2.25. The van der Waals surface area contributed by atoms with E-state index in [2.05, 4.69) is 10.3 Å². The topological polar surface area (TPSA) is 78.9 Å². The number of hydrogen-bond donors (Lipinski definition) is 1. The lowest BCUT2D eigenvalue weighted by Crippen LogP contribution is -2.12. The lowest BCUT2D eigenvalue weighted by Gasteiger charge is -2.02. The highest BCUT2D eigenvalue weighted by molar-refractivity contribution is 7.14. The summed E-state index contributed by atoms with van der Waals surface area (Å²) < 4.78 is 32.1. The molecule has 0 aliphatic rings. The van der Waals surface area contributed by atoms with Gasteiger partial charge in [0.05, 0.1) is 17.3 Å². The van der Waals surface area contributed by atoms with Crippen LogP contribution in [0.25, 0.3) is 11.3 Å². The van der Waals surface area contributed by atoms with Crippen LogP contribution in [0.3, 0.4) is 0 Å². The molecule has 1 N–H and O–H groups in total. The van der Waals surface area contributed by atoms with Gasteiger partial charge < -0.3 is 9.73 Å². The van der Waals surface area contributed by atoms with E-state index in [0.717, 1.165) is 12.1 Å². The minimum atomic E-state index is -0.748. The van der Waals surface area contributed by atoms with Gasteiger partial charge in [-0.3, -0.25) is 4.79 Å². The highest BCUT2D eigenvalue weighted by atomic mass is 32.1. The van der Waals surface area contributed by atoms with Crippen LogP contribution in [0.2, 0.25) is 0 Å². The van der Waals surface area contributed by atoms with Gasteiger partial charge in [0.15, 0.2) is 11.7 Å². The maximum Gasteiger partial charge on any atom is 0.225 e. The summed E-state index contributed by atoms with van der Waals surface area (Å²) in [6, 6.07) is 6.77. The number of oxazole rings is 1. The van der Waals surface area contributed by atoms with Gasteiger partial charge in [-0.2, -0.15) is 5.26 Å². The van der Waals surface area contributed by atoms with Crippen molar-refractivity contribution in [1.82, 2.24) is 4.98 Å². The van der Waals surface area contributed by atoms with Gasteiger partial charge in [0.1, 0.15) is 22.7 Å². The van der Waals surface area contributed by atoms with E-state index in [1.807, 2.05) is 6.07 Å². The van der Waals surface area contributed by atoms with E-state index in [-0.39, 0.29) is 36.0 Å². The second kappa shape index (κ2) is 7.23. The van der Waals surface area contributed by atoms with Crippen molar-refractivity contribution < 1.29 is 18.0 Å². The van der Waals surface area contributed by atoms with E-state index in [4.69, 9.17) is 9.68 Å². The zero-order valence-corrected chi connectivity index (χ0v) is 13.6. The van der Waals surface area contributed by atoms with Crippen molar-refractivity contribution in [3.8, 4) is 17.4 Å². The number of thiophene rings is 1. The summed E-state index contributed by atoms with van der Waals surface area (Å²) in [5.74, 6) is -1.28. The second-order valence-electron chi connectivity index (χ2n) is 5.07. The Kier molecular flexibility index (Phi) is 4.86. The SMILES string of the molecule is N#Cc1ccsc1NC(=O)CCc1ncc(-c2ccc(F)cc2F)o1. The monoisotopic (exact) mass is 359 g/mol. The first kappa shape index (κ1) is 16.8. The minimum absolute atomic E-state index is 0.0919. The van der Waals surface area contributed by atoms with Crippen molar-refractivity contribution in [2.24, 2.45) is 0 Å². The third-order valence-electron chi connectivity index (χ3n) is 3.35. The molecular formula is C17H11F2N3O2S. The van der Waals surface area contributed by atoms with Gasteiger partial charge in [-0.25, -0.2) is 13.8 Å². The van der Waals surface area contributed by atoms with E-state index < -0.39 is 11.6 Å². The number of rotatable bonds is 5. The summed E-state index contributed by atoms with van der Waals surface area (Å²) in [7, 11) is 0. The first-order valence-electron chi connectivity index (χ1n) is 7.24. The Morgan fingerprint density at radius 1 is 1.36 bits per heavy atom. The number of nitrogens with one attached hydrogen (secondary N) is 1. The Balaban J connectivity index is 1.62. The quantitative estimate of drug-likeness (QED) is 0.743. The summed E-state index contributed by atoms with van der Waals surface area (Å²) in [5, 5.41) is 13.8. The first-order valence-corrected chi connectivity index (χ1v) is 8.12. The maximum absolute atomic E-state index is 13.7. The molecule has 1 amide bonds. The normalized spacial score (nSPS) is 10.4. The largest absolute Gasteiger partial charge is 0.441 e.